The third-order valence-corrected chi connectivity index (χ3v) is 7.00. The van der Waals surface area contributed by atoms with Crippen LogP contribution in [0.5, 0.6) is 5.88 Å². The molecule has 0 bridgehead atoms. The van der Waals surface area contributed by atoms with E-state index < -0.39 is 5.41 Å². The molecule has 0 unspecified atom stereocenters. The Bertz CT molecular complexity index is 1300. The van der Waals surface area contributed by atoms with Crippen molar-refractivity contribution in [3.63, 3.8) is 0 Å². The highest BCUT2D eigenvalue weighted by atomic mass is 16.5. The molecule has 0 N–H and O–H groups in total. The first kappa shape index (κ1) is 23.9. The molecule has 7 heteroatoms. The standard InChI is InChI=1S/C29H31N3O4/c1-5-35-27(33)21-16-31(17-21)22-11-12-25-23(15-22)29(3,4)28(34)32(25)24-13-14-26(30-19(24)2)36-18-20-9-7-6-8-10-20/h6-15,21H,5,16-18H2,1-4H3. The maximum Gasteiger partial charge on any atom is 0.312 e. The molecule has 0 saturated carbocycles. The predicted octanol–water partition coefficient (Wildman–Crippen LogP) is 4.92. The Kier molecular flexibility index (Phi) is 6.16. The zero-order chi connectivity index (χ0) is 25.4. The molecule has 2 aliphatic rings. The Morgan fingerprint density at radius 2 is 1.78 bits per heavy atom. The van der Waals surface area contributed by atoms with Crippen molar-refractivity contribution in [1.82, 2.24) is 4.98 Å². The van der Waals surface area contributed by atoms with E-state index in [0.29, 0.717) is 32.2 Å². The van der Waals surface area contributed by atoms with Gasteiger partial charge >= 0.3 is 5.97 Å². The number of hydrogen-bond donors (Lipinski definition) is 0. The van der Waals surface area contributed by atoms with E-state index in [9.17, 15) is 9.59 Å². The summed E-state index contributed by atoms with van der Waals surface area (Å²) in [5.41, 5.74) is 4.69. The Morgan fingerprint density at radius 3 is 2.47 bits per heavy atom. The summed E-state index contributed by atoms with van der Waals surface area (Å²) in [6, 6.07) is 19.7. The third-order valence-electron chi connectivity index (χ3n) is 7.00. The molecule has 0 spiro atoms. The number of nitrogens with zero attached hydrogens (tertiary/aromatic N) is 3. The topological polar surface area (TPSA) is 72.0 Å². The van der Waals surface area contributed by atoms with Gasteiger partial charge in [-0.1, -0.05) is 30.3 Å². The van der Waals surface area contributed by atoms with Crippen molar-refractivity contribution >= 4 is 28.9 Å². The lowest BCUT2D eigenvalue weighted by molar-refractivity contribution is -0.148. The highest BCUT2D eigenvalue weighted by Crippen LogP contribution is 2.47. The number of amides is 1. The molecule has 1 fully saturated rings. The molecule has 1 saturated heterocycles. The Labute approximate surface area is 211 Å². The van der Waals surface area contributed by atoms with Gasteiger partial charge in [0.15, 0.2) is 0 Å². The van der Waals surface area contributed by atoms with E-state index in [-0.39, 0.29) is 17.8 Å². The SMILES string of the molecule is CCOC(=O)C1CN(c2ccc3c(c2)C(C)(C)C(=O)N3c2ccc(OCc3ccccc3)nc2C)C1. The maximum atomic E-state index is 13.6. The van der Waals surface area contributed by atoms with Crippen molar-refractivity contribution in [3.05, 3.63) is 77.5 Å². The zero-order valence-electron chi connectivity index (χ0n) is 21.2. The van der Waals surface area contributed by atoms with Crippen molar-refractivity contribution in [3.8, 4) is 5.88 Å². The summed E-state index contributed by atoms with van der Waals surface area (Å²) in [6.45, 7) is 9.71. The quantitative estimate of drug-likeness (QED) is 0.442. The first-order valence-corrected chi connectivity index (χ1v) is 12.3. The summed E-state index contributed by atoms with van der Waals surface area (Å²) in [6.07, 6.45) is 0. The second kappa shape index (κ2) is 9.30. The number of esters is 1. The van der Waals surface area contributed by atoms with Crippen LogP contribution in [-0.2, 0) is 26.3 Å². The summed E-state index contributed by atoms with van der Waals surface area (Å²) >= 11 is 0. The van der Waals surface area contributed by atoms with Gasteiger partial charge in [-0.25, -0.2) is 4.98 Å². The molecule has 3 aromatic rings. The van der Waals surface area contributed by atoms with Crippen LogP contribution < -0.4 is 14.5 Å². The van der Waals surface area contributed by atoms with Gasteiger partial charge in [0, 0.05) is 24.8 Å². The van der Waals surface area contributed by atoms with Crippen molar-refractivity contribution in [2.24, 2.45) is 5.92 Å². The van der Waals surface area contributed by atoms with Crippen LogP contribution in [0.2, 0.25) is 0 Å². The van der Waals surface area contributed by atoms with Gasteiger partial charge in [-0.05, 0) is 63.1 Å². The summed E-state index contributed by atoms with van der Waals surface area (Å²) in [5.74, 6) is 0.289. The lowest BCUT2D eigenvalue weighted by Crippen LogP contribution is -2.51. The number of carbonyl (C=O) groups excluding carboxylic acids is 2. The normalized spacial score (nSPS) is 16.5. The van der Waals surface area contributed by atoms with Crippen LogP contribution in [0, 0.1) is 12.8 Å². The molecule has 1 amide bonds. The van der Waals surface area contributed by atoms with Gasteiger partial charge < -0.3 is 14.4 Å². The van der Waals surface area contributed by atoms with Crippen LogP contribution in [-0.4, -0.2) is 36.6 Å². The van der Waals surface area contributed by atoms with E-state index in [0.717, 1.165) is 33.9 Å². The number of rotatable bonds is 7. The van der Waals surface area contributed by atoms with E-state index in [1.54, 1.807) is 4.90 Å². The van der Waals surface area contributed by atoms with Crippen molar-refractivity contribution in [2.45, 2.75) is 39.7 Å². The first-order valence-electron chi connectivity index (χ1n) is 12.3. The second-order valence-corrected chi connectivity index (χ2v) is 9.85. The van der Waals surface area contributed by atoms with Gasteiger partial charge in [0.05, 0.1) is 35.0 Å². The molecule has 0 aliphatic carbocycles. The molecular weight excluding hydrogens is 454 g/mol. The van der Waals surface area contributed by atoms with Gasteiger partial charge in [-0.15, -0.1) is 0 Å². The number of anilines is 3. The fourth-order valence-corrected chi connectivity index (χ4v) is 4.84. The maximum absolute atomic E-state index is 13.6. The molecule has 36 heavy (non-hydrogen) atoms. The number of ether oxygens (including phenoxy) is 2. The molecular formula is C29H31N3O4. The van der Waals surface area contributed by atoms with Gasteiger partial charge in [0.25, 0.3) is 0 Å². The lowest BCUT2D eigenvalue weighted by Gasteiger charge is -2.39. The molecule has 3 heterocycles. The molecule has 1 aromatic heterocycles. The molecule has 0 atom stereocenters. The van der Waals surface area contributed by atoms with E-state index in [1.807, 2.05) is 82.3 Å². The number of fused-ring (bicyclic) bond motifs is 1. The minimum atomic E-state index is -0.689. The highest BCUT2D eigenvalue weighted by Gasteiger charge is 2.46. The van der Waals surface area contributed by atoms with E-state index in [2.05, 4.69) is 16.0 Å². The fraction of sp³-hybridized carbons (Fsp3) is 0.345. The first-order chi connectivity index (χ1) is 17.3. The Hall–Kier alpha value is -3.87. The Balaban J connectivity index is 1.36. The third kappa shape index (κ3) is 4.19. The lowest BCUT2D eigenvalue weighted by atomic mass is 9.85. The second-order valence-electron chi connectivity index (χ2n) is 9.85. The number of aromatic nitrogens is 1. The largest absolute Gasteiger partial charge is 0.473 e. The number of benzene rings is 2. The van der Waals surface area contributed by atoms with Crippen LogP contribution in [0.3, 0.4) is 0 Å². The van der Waals surface area contributed by atoms with Gasteiger partial charge in [-0.3, -0.25) is 14.5 Å². The number of hydrogen-bond acceptors (Lipinski definition) is 6. The van der Waals surface area contributed by atoms with E-state index >= 15 is 0 Å². The summed E-state index contributed by atoms with van der Waals surface area (Å²) in [5, 5.41) is 0. The molecule has 2 aliphatic heterocycles. The van der Waals surface area contributed by atoms with Gasteiger partial charge in [0.1, 0.15) is 6.61 Å². The minimum Gasteiger partial charge on any atom is -0.473 e. The summed E-state index contributed by atoms with van der Waals surface area (Å²) in [4.78, 5) is 34.1. The van der Waals surface area contributed by atoms with Crippen molar-refractivity contribution in [1.29, 1.82) is 0 Å². The summed E-state index contributed by atoms with van der Waals surface area (Å²) < 4.78 is 11.0. The molecule has 7 nitrogen and oxygen atoms in total. The minimum absolute atomic E-state index is 0.00511. The van der Waals surface area contributed by atoms with Crippen LogP contribution in [0.4, 0.5) is 17.1 Å². The number of pyridine rings is 1. The number of carbonyl (C=O) groups is 2. The average molecular weight is 486 g/mol. The van der Waals surface area contributed by atoms with E-state index in [1.165, 1.54) is 0 Å². The monoisotopic (exact) mass is 485 g/mol. The molecule has 5 rings (SSSR count). The summed E-state index contributed by atoms with van der Waals surface area (Å²) in [7, 11) is 0. The van der Waals surface area contributed by atoms with Crippen LogP contribution >= 0.6 is 0 Å². The van der Waals surface area contributed by atoms with Gasteiger partial charge in [0.2, 0.25) is 11.8 Å². The highest BCUT2D eigenvalue weighted by molar-refractivity contribution is 6.13. The predicted molar refractivity (Wildman–Crippen MR) is 139 cm³/mol. The smallest absolute Gasteiger partial charge is 0.312 e. The molecule has 186 valence electrons. The van der Waals surface area contributed by atoms with Crippen LogP contribution in [0.25, 0.3) is 0 Å². The zero-order valence-corrected chi connectivity index (χ0v) is 21.2. The Morgan fingerprint density at radius 1 is 1.06 bits per heavy atom. The van der Waals surface area contributed by atoms with Crippen LogP contribution in [0.1, 0.15) is 37.6 Å². The van der Waals surface area contributed by atoms with Crippen LogP contribution in [0.15, 0.2) is 60.7 Å². The average Bonchev–Trinajstić information content (AvgIpc) is 3.03. The number of aryl methyl sites for hydroxylation is 1. The molecule has 0 radical (unpaired) electrons. The fourth-order valence-electron chi connectivity index (χ4n) is 4.84. The van der Waals surface area contributed by atoms with Crippen molar-refractivity contribution < 1.29 is 19.1 Å². The van der Waals surface area contributed by atoms with Gasteiger partial charge in [-0.2, -0.15) is 0 Å². The molecule has 2 aromatic carbocycles. The van der Waals surface area contributed by atoms with E-state index in [4.69, 9.17) is 9.47 Å². The van der Waals surface area contributed by atoms with Crippen molar-refractivity contribution in [2.75, 3.05) is 29.5 Å².